The van der Waals surface area contributed by atoms with E-state index in [4.69, 9.17) is 0 Å². The van der Waals surface area contributed by atoms with Gasteiger partial charge in [-0.15, -0.1) is 16.4 Å². The first-order valence-electron chi connectivity index (χ1n) is 8.50. The smallest absolute Gasteiger partial charge is 0.233 e. The average molecular weight is 415 g/mol. The summed E-state index contributed by atoms with van der Waals surface area (Å²) in [4.78, 5) is 20.0. The Balaban J connectivity index is 1.64. The van der Waals surface area contributed by atoms with Crippen LogP contribution < -0.4 is 0 Å². The summed E-state index contributed by atoms with van der Waals surface area (Å²) in [5, 5.41) is 9.53. The zero-order valence-corrected chi connectivity index (χ0v) is 17.2. The number of nitrogens with one attached hydrogen (secondary N) is 1. The van der Waals surface area contributed by atoms with Gasteiger partial charge in [0.1, 0.15) is 0 Å². The highest BCUT2D eigenvalue weighted by Crippen LogP contribution is 2.25. The molecule has 1 aliphatic heterocycles. The molecule has 1 saturated heterocycles. The SMILES string of the molecule is CCC(C)N(C(=O)CSc1n[nH]c(-c2cccs2)n1)C1CCS(=O)(=O)C1. The zero-order valence-electron chi connectivity index (χ0n) is 14.7. The van der Waals surface area contributed by atoms with Gasteiger partial charge in [0.25, 0.3) is 0 Å². The Bertz CT molecular complexity index is 848. The van der Waals surface area contributed by atoms with Crippen LogP contribution in [0.1, 0.15) is 26.7 Å². The fraction of sp³-hybridized carbons (Fsp3) is 0.562. The summed E-state index contributed by atoms with van der Waals surface area (Å²) < 4.78 is 23.6. The number of amides is 1. The molecule has 0 radical (unpaired) electrons. The molecule has 26 heavy (non-hydrogen) atoms. The number of carbonyl (C=O) groups is 1. The third kappa shape index (κ3) is 4.47. The van der Waals surface area contributed by atoms with E-state index in [1.54, 1.807) is 16.2 Å². The standard InChI is InChI=1S/C16H22N4O3S3/c1-3-11(2)20(12-6-8-26(22,23)10-12)14(21)9-25-16-17-15(18-19-16)13-5-4-7-24-13/h4-5,7,11-12H,3,6,8-10H2,1-2H3,(H,17,18,19). The Labute approximate surface area is 161 Å². The van der Waals surface area contributed by atoms with Crippen LogP contribution >= 0.6 is 23.1 Å². The summed E-state index contributed by atoms with van der Waals surface area (Å²) in [6.45, 7) is 3.97. The van der Waals surface area contributed by atoms with E-state index in [2.05, 4.69) is 15.2 Å². The van der Waals surface area contributed by atoms with Crippen LogP contribution in [0.2, 0.25) is 0 Å². The van der Waals surface area contributed by atoms with E-state index in [1.165, 1.54) is 11.8 Å². The van der Waals surface area contributed by atoms with Crippen molar-refractivity contribution in [1.82, 2.24) is 20.1 Å². The molecule has 0 aliphatic carbocycles. The fourth-order valence-electron chi connectivity index (χ4n) is 3.04. The summed E-state index contributed by atoms with van der Waals surface area (Å²) in [7, 11) is -3.03. The third-order valence-corrected chi connectivity index (χ3v) is 7.96. The molecule has 2 atom stereocenters. The molecule has 7 nitrogen and oxygen atoms in total. The number of nitrogens with zero attached hydrogens (tertiary/aromatic N) is 3. The molecule has 2 aromatic rings. The summed E-state index contributed by atoms with van der Waals surface area (Å²) in [5.74, 6) is 1.06. The van der Waals surface area contributed by atoms with Crippen LogP contribution in [0.15, 0.2) is 22.7 Å². The molecule has 0 saturated carbocycles. The molecule has 0 spiro atoms. The molecule has 10 heteroatoms. The second-order valence-corrected chi connectivity index (χ2v) is 10.5. The Morgan fingerprint density at radius 3 is 2.96 bits per heavy atom. The van der Waals surface area contributed by atoms with Gasteiger partial charge < -0.3 is 4.90 Å². The van der Waals surface area contributed by atoms with Gasteiger partial charge in [0.15, 0.2) is 15.7 Å². The molecule has 1 fully saturated rings. The molecular weight excluding hydrogens is 392 g/mol. The molecule has 2 aromatic heterocycles. The summed E-state index contributed by atoms with van der Waals surface area (Å²) >= 11 is 2.84. The van der Waals surface area contributed by atoms with Crippen molar-refractivity contribution in [2.75, 3.05) is 17.3 Å². The lowest BCUT2D eigenvalue weighted by Crippen LogP contribution is -2.47. The van der Waals surface area contributed by atoms with Gasteiger partial charge in [-0.25, -0.2) is 13.4 Å². The van der Waals surface area contributed by atoms with Gasteiger partial charge in [-0.3, -0.25) is 9.89 Å². The number of hydrogen-bond acceptors (Lipinski definition) is 7. The van der Waals surface area contributed by atoms with Crippen LogP contribution in [0, 0.1) is 0 Å². The van der Waals surface area contributed by atoms with Crippen LogP contribution in [0.3, 0.4) is 0 Å². The van der Waals surface area contributed by atoms with Crippen LogP contribution in [0.4, 0.5) is 0 Å². The van der Waals surface area contributed by atoms with Gasteiger partial charge in [-0.1, -0.05) is 24.8 Å². The monoisotopic (exact) mass is 414 g/mol. The molecule has 1 N–H and O–H groups in total. The molecule has 3 heterocycles. The number of aromatic amines is 1. The highest BCUT2D eigenvalue weighted by atomic mass is 32.2. The van der Waals surface area contributed by atoms with Crippen molar-refractivity contribution in [3.8, 4) is 10.7 Å². The lowest BCUT2D eigenvalue weighted by atomic mass is 10.1. The first-order chi connectivity index (χ1) is 12.4. The minimum Gasteiger partial charge on any atom is -0.335 e. The van der Waals surface area contributed by atoms with Crippen molar-refractivity contribution in [2.45, 2.75) is 43.9 Å². The van der Waals surface area contributed by atoms with E-state index in [0.717, 1.165) is 11.3 Å². The maximum absolute atomic E-state index is 12.8. The molecule has 1 aliphatic rings. The van der Waals surface area contributed by atoms with Gasteiger partial charge >= 0.3 is 0 Å². The zero-order chi connectivity index (χ0) is 18.7. The van der Waals surface area contributed by atoms with Crippen molar-refractivity contribution < 1.29 is 13.2 Å². The van der Waals surface area contributed by atoms with Crippen molar-refractivity contribution >= 4 is 38.8 Å². The molecule has 0 aromatic carbocycles. The first-order valence-corrected chi connectivity index (χ1v) is 12.2. The second kappa shape index (κ2) is 8.10. The first kappa shape index (κ1) is 19.4. The molecular formula is C16H22N4O3S3. The quantitative estimate of drug-likeness (QED) is 0.699. The molecule has 1 amide bonds. The lowest BCUT2D eigenvalue weighted by molar-refractivity contribution is -0.132. The number of carbonyl (C=O) groups excluding carboxylic acids is 1. The van der Waals surface area contributed by atoms with E-state index >= 15 is 0 Å². The largest absolute Gasteiger partial charge is 0.335 e. The van der Waals surface area contributed by atoms with Crippen LogP contribution in [-0.2, 0) is 14.6 Å². The minimum atomic E-state index is -3.03. The number of rotatable bonds is 7. The van der Waals surface area contributed by atoms with Crippen LogP contribution in [0.25, 0.3) is 10.7 Å². The Hall–Kier alpha value is -1.39. The topological polar surface area (TPSA) is 96.0 Å². The van der Waals surface area contributed by atoms with Gasteiger partial charge in [-0.2, -0.15) is 0 Å². The van der Waals surface area contributed by atoms with Crippen LogP contribution in [0.5, 0.6) is 0 Å². The van der Waals surface area contributed by atoms with E-state index in [9.17, 15) is 13.2 Å². The van der Waals surface area contributed by atoms with Crippen molar-refractivity contribution in [3.05, 3.63) is 17.5 Å². The summed E-state index contributed by atoms with van der Waals surface area (Å²) in [6.07, 6.45) is 1.31. The Kier molecular flexibility index (Phi) is 6.03. The average Bonchev–Trinajstić information content (AvgIpc) is 3.33. The maximum atomic E-state index is 12.8. The predicted molar refractivity (Wildman–Crippen MR) is 104 cm³/mol. The summed E-state index contributed by atoms with van der Waals surface area (Å²) in [5.41, 5.74) is 0. The van der Waals surface area contributed by atoms with Crippen molar-refractivity contribution in [3.63, 3.8) is 0 Å². The molecule has 3 rings (SSSR count). The third-order valence-electron chi connectivity index (χ3n) is 4.50. The van der Waals surface area contributed by atoms with Gasteiger partial charge in [0.2, 0.25) is 11.1 Å². The van der Waals surface area contributed by atoms with Gasteiger partial charge in [0.05, 0.1) is 22.1 Å². The number of H-pyrrole nitrogens is 1. The number of sulfone groups is 1. The number of thiophene rings is 1. The normalized spacial score (nSPS) is 20.2. The number of aromatic nitrogens is 3. The maximum Gasteiger partial charge on any atom is 0.233 e. The number of hydrogen-bond donors (Lipinski definition) is 1. The second-order valence-electron chi connectivity index (χ2n) is 6.35. The minimum absolute atomic E-state index is 0.00947. The highest BCUT2D eigenvalue weighted by molar-refractivity contribution is 7.99. The van der Waals surface area contributed by atoms with Crippen LogP contribution in [-0.4, -0.2) is 63.7 Å². The molecule has 0 bridgehead atoms. The van der Waals surface area contributed by atoms with E-state index in [-0.39, 0.29) is 35.2 Å². The van der Waals surface area contributed by atoms with Crippen molar-refractivity contribution in [2.24, 2.45) is 0 Å². The van der Waals surface area contributed by atoms with E-state index in [0.29, 0.717) is 17.4 Å². The predicted octanol–water partition coefficient (Wildman–Crippen LogP) is 2.44. The fourth-order valence-corrected chi connectivity index (χ4v) is 6.08. The lowest BCUT2D eigenvalue weighted by Gasteiger charge is -2.33. The van der Waals surface area contributed by atoms with Gasteiger partial charge in [0, 0.05) is 12.1 Å². The highest BCUT2D eigenvalue weighted by Gasteiger charge is 2.36. The summed E-state index contributed by atoms with van der Waals surface area (Å²) in [6, 6.07) is 3.68. The molecule has 2 unspecified atom stereocenters. The van der Waals surface area contributed by atoms with Crippen molar-refractivity contribution in [1.29, 1.82) is 0 Å². The number of thioether (sulfide) groups is 1. The Morgan fingerprint density at radius 1 is 1.54 bits per heavy atom. The van der Waals surface area contributed by atoms with E-state index in [1.807, 2.05) is 31.4 Å². The molecule has 142 valence electrons. The van der Waals surface area contributed by atoms with Gasteiger partial charge in [-0.05, 0) is 31.2 Å². The Morgan fingerprint density at radius 2 is 2.35 bits per heavy atom. The van der Waals surface area contributed by atoms with E-state index < -0.39 is 9.84 Å².